The molecule has 25 heavy (non-hydrogen) atoms. The lowest BCUT2D eigenvalue weighted by Gasteiger charge is -2.39. The topological polar surface area (TPSA) is 70.2 Å². The average molecular weight is 367 g/mol. The molecule has 0 aromatic heterocycles. The summed E-state index contributed by atoms with van der Waals surface area (Å²) in [5.74, 6) is 0.287. The highest BCUT2D eigenvalue weighted by molar-refractivity contribution is 7.92. The van der Waals surface area contributed by atoms with Crippen LogP contribution in [0.15, 0.2) is 24.3 Å². The van der Waals surface area contributed by atoms with Gasteiger partial charge in [0.2, 0.25) is 10.0 Å². The van der Waals surface area contributed by atoms with Crippen molar-refractivity contribution in [2.45, 2.75) is 20.0 Å². The smallest absolute Gasteiger partial charge is 0.265 e. The Kier molecular flexibility index (Phi) is 5.19. The molecule has 1 aromatic carbocycles. The molecule has 7 nitrogen and oxygen atoms in total. The number of carbonyl (C=O) groups is 1. The highest BCUT2D eigenvalue weighted by atomic mass is 32.2. The minimum atomic E-state index is -3.47. The zero-order valence-corrected chi connectivity index (χ0v) is 15.5. The van der Waals surface area contributed by atoms with Crippen LogP contribution < -0.4 is 9.04 Å². The largest absolute Gasteiger partial charge is 0.476 e. The van der Waals surface area contributed by atoms with Crippen molar-refractivity contribution < 1.29 is 17.9 Å². The molecule has 1 amide bonds. The number of para-hydroxylation sites is 2. The summed E-state index contributed by atoms with van der Waals surface area (Å²) in [6.45, 7) is 7.67. The molecule has 2 aliphatic rings. The number of carbonyl (C=O) groups excluding carboxylic acids is 1. The molecule has 0 radical (unpaired) electrons. The molecule has 0 N–H and O–H groups in total. The number of sulfonamides is 1. The van der Waals surface area contributed by atoms with Crippen LogP contribution in [0.4, 0.5) is 5.69 Å². The second-order valence-electron chi connectivity index (χ2n) is 6.27. The van der Waals surface area contributed by atoms with Crippen LogP contribution in [-0.4, -0.2) is 75.3 Å². The average Bonchev–Trinajstić information content (AvgIpc) is 2.66. The molecule has 1 fully saturated rings. The normalized spacial score (nSPS) is 21.6. The monoisotopic (exact) mass is 367 g/mol. The maximum Gasteiger partial charge on any atom is 0.265 e. The molecule has 2 aliphatic heterocycles. The predicted octanol–water partition coefficient (Wildman–Crippen LogP) is 0.768. The molecule has 2 heterocycles. The number of hydrogen-bond donors (Lipinski definition) is 0. The first-order valence-electron chi connectivity index (χ1n) is 8.73. The van der Waals surface area contributed by atoms with Crippen LogP contribution in [-0.2, 0) is 14.8 Å². The molecule has 138 valence electrons. The summed E-state index contributed by atoms with van der Waals surface area (Å²) in [6.07, 6.45) is -0.801. The van der Waals surface area contributed by atoms with Gasteiger partial charge in [0, 0.05) is 26.2 Å². The first-order chi connectivity index (χ1) is 12.0. The van der Waals surface area contributed by atoms with Crippen molar-refractivity contribution in [3.63, 3.8) is 0 Å². The Morgan fingerprint density at radius 3 is 2.48 bits per heavy atom. The van der Waals surface area contributed by atoms with E-state index in [1.165, 1.54) is 4.31 Å². The summed E-state index contributed by atoms with van der Waals surface area (Å²) >= 11 is 0. The van der Waals surface area contributed by atoms with Crippen LogP contribution >= 0.6 is 0 Å². The Labute approximate surface area is 149 Å². The van der Waals surface area contributed by atoms with Gasteiger partial charge in [-0.2, -0.15) is 0 Å². The van der Waals surface area contributed by atoms with Crippen LogP contribution in [0.1, 0.15) is 13.8 Å². The van der Waals surface area contributed by atoms with Gasteiger partial charge in [-0.3, -0.25) is 9.10 Å². The zero-order chi connectivity index (χ0) is 18.0. The van der Waals surface area contributed by atoms with Gasteiger partial charge >= 0.3 is 0 Å². The molecule has 0 spiro atoms. The van der Waals surface area contributed by atoms with Crippen molar-refractivity contribution in [2.75, 3.05) is 49.3 Å². The van der Waals surface area contributed by atoms with E-state index in [9.17, 15) is 13.2 Å². The Balaban J connectivity index is 1.81. The lowest BCUT2D eigenvalue weighted by atomic mass is 10.2. The van der Waals surface area contributed by atoms with Crippen LogP contribution in [0, 0.1) is 0 Å². The Morgan fingerprint density at radius 2 is 1.84 bits per heavy atom. The molecule has 3 rings (SSSR count). The number of likely N-dealkylation sites (N-methyl/N-ethyl adjacent to an activating group) is 1. The first kappa shape index (κ1) is 18.0. The molecule has 1 aromatic rings. The van der Waals surface area contributed by atoms with Gasteiger partial charge in [0.1, 0.15) is 5.75 Å². The van der Waals surface area contributed by atoms with Gasteiger partial charge in [0.15, 0.2) is 6.10 Å². The lowest BCUT2D eigenvalue weighted by Crippen LogP contribution is -2.56. The first-order valence-corrected chi connectivity index (χ1v) is 10.3. The molecule has 0 bridgehead atoms. The Hall–Kier alpha value is -1.80. The summed E-state index contributed by atoms with van der Waals surface area (Å²) in [7, 11) is -3.47. The number of amides is 1. The number of rotatable bonds is 4. The van der Waals surface area contributed by atoms with Gasteiger partial charge in [-0.05, 0) is 25.6 Å². The van der Waals surface area contributed by atoms with E-state index in [0.29, 0.717) is 24.5 Å². The van der Waals surface area contributed by atoms with Crippen molar-refractivity contribution >= 4 is 21.6 Å². The minimum Gasteiger partial charge on any atom is -0.476 e. The van der Waals surface area contributed by atoms with E-state index in [1.54, 1.807) is 36.1 Å². The van der Waals surface area contributed by atoms with Gasteiger partial charge < -0.3 is 14.5 Å². The highest BCUT2D eigenvalue weighted by Gasteiger charge is 2.38. The van der Waals surface area contributed by atoms with Crippen LogP contribution in [0.5, 0.6) is 5.75 Å². The van der Waals surface area contributed by atoms with E-state index in [0.717, 1.165) is 19.6 Å². The van der Waals surface area contributed by atoms with Gasteiger partial charge in [-0.1, -0.05) is 19.1 Å². The van der Waals surface area contributed by atoms with E-state index < -0.39 is 16.1 Å². The van der Waals surface area contributed by atoms with E-state index in [2.05, 4.69) is 11.8 Å². The molecule has 0 saturated carbocycles. The van der Waals surface area contributed by atoms with E-state index in [1.807, 2.05) is 0 Å². The van der Waals surface area contributed by atoms with E-state index >= 15 is 0 Å². The van der Waals surface area contributed by atoms with E-state index in [-0.39, 0.29) is 18.2 Å². The summed E-state index contributed by atoms with van der Waals surface area (Å²) < 4.78 is 32.1. The predicted molar refractivity (Wildman–Crippen MR) is 96.4 cm³/mol. The van der Waals surface area contributed by atoms with Crippen molar-refractivity contribution in [1.29, 1.82) is 0 Å². The van der Waals surface area contributed by atoms with Crippen molar-refractivity contribution in [2.24, 2.45) is 0 Å². The van der Waals surface area contributed by atoms with Gasteiger partial charge in [-0.15, -0.1) is 0 Å². The number of anilines is 1. The fourth-order valence-electron chi connectivity index (χ4n) is 3.24. The lowest BCUT2D eigenvalue weighted by molar-refractivity contribution is -0.140. The molecule has 8 heteroatoms. The summed E-state index contributed by atoms with van der Waals surface area (Å²) in [5.41, 5.74) is 0.504. The van der Waals surface area contributed by atoms with Gasteiger partial charge in [-0.25, -0.2) is 8.42 Å². The Bertz CT molecular complexity index is 729. The maximum atomic E-state index is 12.9. The number of nitrogens with zero attached hydrogens (tertiary/aromatic N) is 3. The number of fused-ring (bicyclic) bond motifs is 1. The summed E-state index contributed by atoms with van der Waals surface area (Å²) in [4.78, 5) is 16.9. The molecule has 1 atom stereocenters. The van der Waals surface area contributed by atoms with E-state index in [4.69, 9.17) is 4.74 Å². The highest BCUT2D eigenvalue weighted by Crippen LogP contribution is 2.35. The standard InChI is InChI=1S/C17H25N3O4S/c1-3-18-9-11-19(12-10-18)17(21)16-13-20(25(22,23)4-2)14-7-5-6-8-15(14)24-16/h5-8,16H,3-4,9-13H2,1-2H3/t16-/m0/s1. The summed E-state index contributed by atoms with van der Waals surface area (Å²) in [6, 6.07) is 6.97. The fraction of sp³-hybridized carbons (Fsp3) is 0.588. The maximum absolute atomic E-state index is 12.9. The summed E-state index contributed by atoms with van der Waals surface area (Å²) in [5, 5.41) is 0. The molecule has 0 unspecified atom stereocenters. The number of benzene rings is 1. The molecular weight excluding hydrogens is 342 g/mol. The third-order valence-corrected chi connectivity index (χ3v) is 6.59. The fourth-order valence-corrected chi connectivity index (χ4v) is 4.36. The van der Waals surface area contributed by atoms with Crippen LogP contribution in [0.2, 0.25) is 0 Å². The van der Waals surface area contributed by atoms with Crippen molar-refractivity contribution in [3.05, 3.63) is 24.3 Å². The van der Waals surface area contributed by atoms with Crippen molar-refractivity contribution in [1.82, 2.24) is 9.80 Å². The third-order valence-electron chi connectivity index (χ3n) is 4.84. The van der Waals surface area contributed by atoms with Gasteiger partial charge in [0.05, 0.1) is 18.0 Å². The SMILES string of the molecule is CCN1CCN(C(=O)[C@@H]2CN(S(=O)(=O)CC)c3ccccc3O2)CC1. The van der Waals surface area contributed by atoms with Gasteiger partial charge in [0.25, 0.3) is 5.91 Å². The second kappa shape index (κ2) is 7.21. The zero-order valence-electron chi connectivity index (χ0n) is 14.7. The number of hydrogen-bond acceptors (Lipinski definition) is 5. The van der Waals surface area contributed by atoms with Crippen LogP contribution in [0.25, 0.3) is 0 Å². The van der Waals surface area contributed by atoms with Crippen molar-refractivity contribution in [3.8, 4) is 5.75 Å². The Morgan fingerprint density at radius 1 is 1.16 bits per heavy atom. The molecular formula is C17H25N3O4S. The number of piperazine rings is 1. The minimum absolute atomic E-state index is 0.0164. The second-order valence-corrected chi connectivity index (χ2v) is 8.45. The quantitative estimate of drug-likeness (QED) is 0.786. The number of ether oxygens (including phenoxy) is 1. The third kappa shape index (κ3) is 3.59. The molecule has 1 saturated heterocycles. The molecule has 0 aliphatic carbocycles. The van der Waals surface area contributed by atoms with Crippen LogP contribution in [0.3, 0.4) is 0 Å².